The van der Waals surface area contributed by atoms with Crippen LogP contribution < -0.4 is 0 Å². The molecule has 0 aromatic heterocycles. The highest BCUT2D eigenvalue weighted by Crippen LogP contribution is 2.17. The van der Waals surface area contributed by atoms with Crippen molar-refractivity contribution in [2.45, 2.75) is 6.42 Å². The highest BCUT2D eigenvalue weighted by Gasteiger charge is 2.21. The molecule has 1 aliphatic rings. The van der Waals surface area contributed by atoms with Gasteiger partial charge in [-0.1, -0.05) is 12.7 Å². The average molecular weight is 198 g/mol. The Kier molecular flexibility index (Phi) is 4.19. The average Bonchev–Trinajstić information content (AvgIpc) is 2.25. The number of rotatable bonds is 4. The topological polar surface area (TPSA) is 44.8 Å². The van der Waals surface area contributed by atoms with E-state index in [1.54, 1.807) is 6.08 Å². The van der Waals surface area contributed by atoms with Crippen LogP contribution in [0.3, 0.4) is 0 Å². The van der Waals surface area contributed by atoms with Crippen LogP contribution >= 0.6 is 0 Å². The molecule has 0 bridgehead atoms. The number of hydrogen-bond donors (Lipinski definition) is 0. The first kappa shape index (κ1) is 10.8. The van der Waals surface area contributed by atoms with E-state index in [0.29, 0.717) is 31.0 Å². The largest absolute Gasteiger partial charge is 0.493 e. The molecule has 4 nitrogen and oxygen atoms in total. The summed E-state index contributed by atoms with van der Waals surface area (Å²) in [6.07, 6.45) is 2.25. The minimum Gasteiger partial charge on any atom is -0.493 e. The molecule has 0 unspecified atom stereocenters. The predicted octanol–water partition coefficient (Wildman–Crippen LogP) is 1.04. The zero-order valence-corrected chi connectivity index (χ0v) is 8.25. The SMILES string of the molecule is C=CCOC1=C(C(=O)OC)COCC1. The van der Waals surface area contributed by atoms with Crippen LogP contribution in [0.4, 0.5) is 0 Å². The fraction of sp³-hybridized carbons (Fsp3) is 0.500. The van der Waals surface area contributed by atoms with Crippen molar-refractivity contribution in [3.05, 3.63) is 24.0 Å². The summed E-state index contributed by atoms with van der Waals surface area (Å²) < 4.78 is 15.1. The summed E-state index contributed by atoms with van der Waals surface area (Å²) in [6, 6.07) is 0. The van der Waals surface area contributed by atoms with E-state index < -0.39 is 0 Å². The highest BCUT2D eigenvalue weighted by atomic mass is 16.5. The normalized spacial score (nSPS) is 16.4. The van der Waals surface area contributed by atoms with E-state index in [0.717, 1.165) is 0 Å². The van der Waals surface area contributed by atoms with E-state index in [1.165, 1.54) is 7.11 Å². The third-order valence-corrected chi connectivity index (χ3v) is 1.86. The van der Waals surface area contributed by atoms with Crippen molar-refractivity contribution in [3.63, 3.8) is 0 Å². The molecule has 1 aliphatic heterocycles. The van der Waals surface area contributed by atoms with Gasteiger partial charge in [-0.25, -0.2) is 4.79 Å². The molecular formula is C10H14O4. The lowest BCUT2D eigenvalue weighted by atomic mass is 10.1. The molecule has 0 amide bonds. The Bertz CT molecular complexity index is 255. The van der Waals surface area contributed by atoms with Gasteiger partial charge in [0.25, 0.3) is 0 Å². The van der Waals surface area contributed by atoms with Crippen LogP contribution in [0.1, 0.15) is 6.42 Å². The third-order valence-electron chi connectivity index (χ3n) is 1.86. The predicted molar refractivity (Wildman–Crippen MR) is 50.6 cm³/mol. The maximum absolute atomic E-state index is 11.3. The van der Waals surface area contributed by atoms with Crippen molar-refractivity contribution in [2.24, 2.45) is 0 Å². The Morgan fingerprint density at radius 1 is 1.71 bits per heavy atom. The number of methoxy groups -OCH3 is 1. The molecule has 0 aromatic rings. The Morgan fingerprint density at radius 3 is 3.14 bits per heavy atom. The second kappa shape index (κ2) is 5.44. The van der Waals surface area contributed by atoms with Crippen LogP contribution in [0.5, 0.6) is 0 Å². The minimum atomic E-state index is -0.385. The van der Waals surface area contributed by atoms with Gasteiger partial charge in [0.2, 0.25) is 0 Å². The first-order valence-electron chi connectivity index (χ1n) is 4.41. The van der Waals surface area contributed by atoms with Crippen LogP contribution in [0.25, 0.3) is 0 Å². The summed E-state index contributed by atoms with van der Waals surface area (Å²) in [7, 11) is 1.34. The van der Waals surface area contributed by atoms with Gasteiger partial charge in [-0.2, -0.15) is 0 Å². The molecule has 4 heteroatoms. The minimum absolute atomic E-state index is 0.263. The lowest BCUT2D eigenvalue weighted by Gasteiger charge is -2.18. The van der Waals surface area contributed by atoms with Crippen molar-refractivity contribution >= 4 is 5.97 Å². The standard InChI is InChI=1S/C10H14O4/c1-3-5-14-9-4-6-13-7-8(9)10(11)12-2/h3H,1,4-7H2,2H3. The molecular weight excluding hydrogens is 184 g/mol. The maximum atomic E-state index is 11.3. The molecule has 0 atom stereocenters. The van der Waals surface area contributed by atoms with Crippen molar-refractivity contribution in [3.8, 4) is 0 Å². The van der Waals surface area contributed by atoms with Crippen LogP contribution in [-0.2, 0) is 19.0 Å². The fourth-order valence-electron chi connectivity index (χ4n) is 1.19. The van der Waals surface area contributed by atoms with E-state index >= 15 is 0 Å². The van der Waals surface area contributed by atoms with E-state index in [2.05, 4.69) is 11.3 Å². The Labute approximate surface area is 83.1 Å². The van der Waals surface area contributed by atoms with E-state index in [4.69, 9.17) is 9.47 Å². The molecule has 0 fully saturated rings. The molecule has 1 rings (SSSR count). The van der Waals surface area contributed by atoms with Gasteiger partial charge in [-0.15, -0.1) is 0 Å². The van der Waals surface area contributed by atoms with Crippen LogP contribution in [0.15, 0.2) is 24.0 Å². The molecule has 0 spiro atoms. The van der Waals surface area contributed by atoms with Gasteiger partial charge < -0.3 is 14.2 Å². The van der Waals surface area contributed by atoms with Gasteiger partial charge >= 0.3 is 5.97 Å². The first-order valence-corrected chi connectivity index (χ1v) is 4.41. The zero-order chi connectivity index (χ0) is 10.4. The van der Waals surface area contributed by atoms with Crippen molar-refractivity contribution < 1.29 is 19.0 Å². The Balaban J connectivity index is 2.73. The molecule has 0 radical (unpaired) electrons. The van der Waals surface area contributed by atoms with Crippen LogP contribution in [0.2, 0.25) is 0 Å². The lowest BCUT2D eigenvalue weighted by molar-refractivity contribution is -0.137. The third kappa shape index (κ3) is 2.60. The van der Waals surface area contributed by atoms with Gasteiger partial charge in [-0.3, -0.25) is 0 Å². The highest BCUT2D eigenvalue weighted by molar-refractivity contribution is 5.89. The van der Waals surface area contributed by atoms with Crippen molar-refractivity contribution in [1.82, 2.24) is 0 Å². The van der Waals surface area contributed by atoms with E-state index in [-0.39, 0.29) is 12.6 Å². The monoisotopic (exact) mass is 198 g/mol. The molecule has 1 heterocycles. The first-order chi connectivity index (χ1) is 6.79. The van der Waals surface area contributed by atoms with Gasteiger partial charge in [0.15, 0.2) is 0 Å². The van der Waals surface area contributed by atoms with E-state index in [9.17, 15) is 4.79 Å². The molecule has 0 aromatic carbocycles. The molecule has 14 heavy (non-hydrogen) atoms. The number of hydrogen-bond acceptors (Lipinski definition) is 4. The van der Waals surface area contributed by atoms with E-state index in [1.807, 2.05) is 0 Å². The summed E-state index contributed by atoms with van der Waals surface area (Å²) in [6.45, 7) is 4.78. The molecule has 0 aliphatic carbocycles. The Hall–Kier alpha value is -1.29. The fourth-order valence-corrected chi connectivity index (χ4v) is 1.19. The van der Waals surface area contributed by atoms with Crippen LogP contribution in [-0.4, -0.2) is 32.9 Å². The van der Waals surface area contributed by atoms with Crippen LogP contribution in [0, 0.1) is 0 Å². The molecule has 0 N–H and O–H groups in total. The van der Waals surface area contributed by atoms with Gasteiger partial charge in [0, 0.05) is 6.42 Å². The summed E-state index contributed by atoms with van der Waals surface area (Å²) in [5.74, 6) is 0.270. The number of esters is 1. The number of ether oxygens (including phenoxy) is 3. The number of carbonyl (C=O) groups is 1. The van der Waals surface area contributed by atoms with Gasteiger partial charge in [0.1, 0.15) is 17.9 Å². The summed E-state index contributed by atoms with van der Waals surface area (Å²) in [5.41, 5.74) is 0.473. The quantitative estimate of drug-likeness (QED) is 0.500. The van der Waals surface area contributed by atoms with Crippen molar-refractivity contribution in [1.29, 1.82) is 0 Å². The summed E-state index contributed by atoms with van der Waals surface area (Å²) in [4.78, 5) is 11.3. The Morgan fingerprint density at radius 2 is 2.50 bits per heavy atom. The van der Waals surface area contributed by atoms with Crippen molar-refractivity contribution in [2.75, 3.05) is 26.9 Å². The molecule has 0 saturated heterocycles. The maximum Gasteiger partial charge on any atom is 0.339 e. The zero-order valence-electron chi connectivity index (χ0n) is 8.25. The lowest BCUT2D eigenvalue weighted by Crippen LogP contribution is -2.20. The van der Waals surface area contributed by atoms with Gasteiger partial charge in [-0.05, 0) is 0 Å². The van der Waals surface area contributed by atoms with Gasteiger partial charge in [0.05, 0.1) is 20.3 Å². The molecule has 78 valence electrons. The second-order valence-corrected chi connectivity index (χ2v) is 2.80. The smallest absolute Gasteiger partial charge is 0.339 e. The number of carbonyl (C=O) groups excluding carboxylic acids is 1. The summed E-state index contributed by atoms with van der Waals surface area (Å²) in [5, 5.41) is 0. The summed E-state index contributed by atoms with van der Waals surface area (Å²) >= 11 is 0. The second-order valence-electron chi connectivity index (χ2n) is 2.80. The molecule has 0 saturated carbocycles.